The fourth-order valence-electron chi connectivity index (χ4n) is 2.87. The van der Waals surface area contributed by atoms with Gasteiger partial charge in [-0.2, -0.15) is 4.31 Å². The SMILES string of the molecule is COc1ccc(CNC(=O)CN(Cc2ccco2)S(=O)(=O)c2ccc(Cl)nc2)cc1OC. The lowest BCUT2D eigenvalue weighted by molar-refractivity contribution is -0.121. The monoisotopic (exact) mass is 479 g/mol. The van der Waals surface area contributed by atoms with Crippen LogP contribution < -0.4 is 14.8 Å². The van der Waals surface area contributed by atoms with Gasteiger partial charge in [0.1, 0.15) is 15.8 Å². The minimum Gasteiger partial charge on any atom is -0.493 e. The predicted molar refractivity (Wildman–Crippen MR) is 117 cm³/mol. The minimum atomic E-state index is -4.04. The molecule has 0 aliphatic rings. The normalized spacial score (nSPS) is 11.4. The summed E-state index contributed by atoms with van der Waals surface area (Å²) in [7, 11) is -0.988. The Hall–Kier alpha value is -3.08. The van der Waals surface area contributed by atoms with Crippen LogP contribution in [0.3, 0.4) is 0 Å². The van der Waals surface area contributed by atoms with Crippen LogP contribution in [-0.2, 0) is 27.9 Å². The second-order valence-corrected chi connectivity index (χ2v) is 8.96. The molecule has 0 bridgehead atoms. The summed E-state index contributed by atoms with van der Waals surface area (Å²) in [5.74, 6) is 0.992. The van der Waals surface area contributed by atoms with Crippen molar-refractivity contribution in [2.24, 2.45) is 0 Å². The van der Waals surface area contributed by atoms with E-state index in [1.165, 1.54) is 32.6 Å². The van der Waals surface area contributed by atoms with E-state index in [-0.39, 0.29) is 23.1 Å². The largest absolute Gasteiger partial charge is 0.493 e. The quantitative estimate of drug-likeness (QED) is 0.445. The summed E-state index contributed by atoms with van der Waals surface area (Å²) in [4.78, 5) is 16.4. The Labute approximate surface area is 191 Å². The lowest BCUT2D eigenvalue weighted by Gasteiger charge is -2.21. The summed E-state index contributed by atoms with van der Waals surface area (Å²) < 4.78 is 43.0. The van der Waals surface area contributed by atoms with Gasteiger partial charge in [0.25, 0.3) is 0 Å². The summed E-state index contributed by atoms with van der Waals surface area (Å²) in [5.41, 5.74) is 0.762. The molecule has 0 fully saturated rings. The number of pyridine rings is 1. The predicted octanol–water partition coefficient (Wildman–Crippen LogP) is 2.85. The van der Waals surface area contributed by atoms with Crippen LogP contribution in [0.4, 0.5) is 0 Å². The average molecular weight is 480 g/mol. The van der Waals surface area contributed by atoms with E-state index in [9.17, 15) is 13.2 Å². The maximum Gasteiger partial charge on any atom is 0.245 e. The number of hydrogen-bond acceptors (Lipinski definition) is 7. The minimum absolute atomic E-state index is 0.0823. The molecule has 0 radical (unpaired) electrons. The number of nitrogens with one attached hydrogen (secondary N) is 1. The van der Waals surface area contributed by atoms with Gasteiger partial charge >= 0.3 is 0 Å². The molecule has 0 spiro atoms. The molecule has 170 valence electrons. The maximum atomic E-state index is 13.1. The lowest BCUT2D eigenvalue weighted by Crippen LogP contribution is -2.40. The molecule has 3 aromatic rings. The maximum absolute atomic E-state index is 13.1. The first-order chi connectivity index (χ1) is 15.3. The molecule has 3 rings (SSSR count). The molecule has 0 saturated carbocycles. The average Bonchev–Trinajstić information content (AvgIpc) is 3.30. The van der Waals surface area contributed by atoms with Gasteiger partial charge in [0.05, 0.1) is 33.6 Å². The zero-order chi connectivity index (χ0) is 23.1. The van der Waals surface area contributed by atoms with Crippen LogP contribution in [-0.4, -0.2) is 44.4 Å². The van der Waals surface area contributed by atoms with Gasteiger partial charge in [-0.25, -0.2) is 13.4 Å². The fourth-order valence-corrected chi connectivity index (χ4v) is 4.29. The highest BCUT2D eigenvalue weighted by atomic mass is 35.5. The van der Waals surface area contributed by atoms with Crippen molar-refractivity contribution in [2.45, 2.75) is 18.0 Å². The van der Waals surface area contributed by atoms with Crippen molar-refractivity contribution < 1.29 is 27.1 Å². The van der Waals surface area contributed by atoms with Crippen LogP contribution >= 0.6 is 11.6 Å². The molecule has 2 aromatic heterocycles. The van der Waals surface area contributed by atoms with Gasteiger partial charge in [0.15, 0.2) is 11.5 Å². The number of rotatable bonds is 10. The van der Waals surface area contributed by atoms with Crippen LogP contribution in [0.25, 0.3) is 0 Å². The second kappa shape index (κ2) is 10.5. The van der Waals surface area contributed by atoms with Crippen LogP contribution in [0, 0.1) is 0 Å². The van der Waals surface area contributed by atoms with Crippen molar-refractivity contribution in [2.75, 3.05) is 20.8 Å². The third-order valence-electron chi connectivity index (χ3n) is 4.51. The highest BCUT2D eigenvalue weighted by Crippen LogP contribution is 2.27. The molecule has 0 aliphatic carbocycles. The molecule has 11 heteroatoms. The van der Waals surface area contributed by atoms with Gasteiger partial charge in [-0.1, -0.05) is 17.7 Å². The Morgan fingerprint density at radius 2 is 1.94 bits per heavy atom. The van der Waals surface area contributed by atoms with Crippen molar-refractivity contribution in [3.63, 3.8) is 0 Å². The van der Waals surface area contributed by atoms with E-state index >= 15 is 0 Å². The zero-order valence-electron chi connectivity index (χ0n) is 17.4. The number of sulfonamides is 1. The topological polar surface area (TPSA) is 111 Å². The number of nitrogens with zero attached hydrogens (tertiary/aromatic N) is 2. The molecule has 1 N–H and O–H groups in total. The lowest BCUT2D eigenvalue weighted by atomic mass is 10.2. The number of furan rings is 1. The standard InChI is InChI=1S/C21H22ClN3O6S/c1-29-18-7-5-15(10-19(18)30-2)11-24-21(26)14-25(13-16-4-3-9-31-16)32(27,28)17-6-8-20(22)23-12-17/h3-10,12H,11,13-14H2,1-2H3,(H,24,26). The summed E-state index contributed by atoms with van der Waals surface area (Å²) in [6.07, 6.45) is 2.58. The van der Waals surface area contributed by atoms with Gasteiger partial charge < -0.3 is 19.2 Å². The molecule has 0 aliphatic heterocycles. The first kappa shape index (κ1) is 23.6. The van der Waals surface area contributed by atoms with Crippen LogP contribution in [0.1, 0.15) is 11.3 Å². The number of halogens is 1. The molecule has 0 unspecified atom stereocenters. The fraction of sp³-hybridized carbons (Fsp3) is 0.238. The number of aromatic nitrogens is 1. The van der Waals surface area contributed by atoms with Crippen molar-refractivity contribution in [3.8, 4) is 11.5 Å². The van der Waals surface area contributed by atoms with Gasteiger partial charge in [0.2, 0.25) is 15.9 Å². The first-order valence-electron chi connectivity index (χ1n) is 9.45. The molecule has 9 nitrogen and oxygen atoms in total. The van der Waals surface area contributed by atoms with E-state index < -0.39 is 22.5 Å². The molecule has 1 amide bonds. The van der Waals surface area contributed by atoms with Gasteiger partial charge in [-0.3, -0.25) is 4.79 Å². The molecule has 0 atom stereocenters. The van der Waals surface area contributed by atoms with Crippen LogP contribution in [0.2, 0.25) is 5.15 Å². The van der Waals surface area contributed by atoms with Crippen molar-refractivity contribution in [1.29, 1.82) is 0 Å². The highest BCUT2D eigenvalue weighted by molar-refractivity contribution is 7.89. The Kier molecular flexibility index (Phi) is 7.73. The number of benzene rings is 1. The van der Waals surface area contributed by atoms with Crippen LogP contribution in [0.5, 0.6) is 11.5 Å². The molecule has 0 saturated heterocycles. The second-order valence-electron chi connectivity index (χ2n) is 6.64. The number of hydrogen-bond donors (Lipinski definition) is 1. The van der Waals surface area contributed by atoms with Crippen molar-refractivity contribution in [1.82, 2.24) is 14.6 Å². The summed E-state index contributed by atoms with van der Waals surface area (Å²) in [6.45, 7) is -0.364. The third-order valence-corrected chi connectivity index (χ3v) is 6.51. The van der Waals surface area contributed by atoms with E-state index in [1.54, 1.807) is 30.3 Å². The Bertz CT molecular complexity index is 1150. The highest BCUT2D eigenvalue weighted by Gasteiger charge is 2.28. The first-order valence-corrected chi connectivity index (χ1v) is 11.3. The smallest absolute Gasteiger partial charge is 0.245 e. The van der Waals surface area contributed by atoms with E-state index in [2.05, 4.69) is 10.3 Å². The zero-order valence-corrected chi connectivity index (χ0v) is 19.0. The third kappa shape index (κ3) is 5.78. The van der Waals surface area contributed by atoms with E-state index in [1.807, 2.05) is 0 Å². The van der Waals surface area contributed by atoms with Crippen molar-refractivity contribution in [3.05, 3.63) is 71.4 Å². The summed E-state index contributed by atoms with van der Waals surface area (Å²) in [5, 5.41) is 2.88. The number of methoxy groups -OCH3 is 2. The number of amides is 1. The molecule has 2 heterocycles. The number of ether oxygens (including phenoxy) is 2. The Morgan fingerprint density at radius 1 is 1.16 bits per heavy atom. The van der Waals surface area contributed by atoms with Gasteiger partial charge in [0, 0.05) is 12.7 Å². The summed E-state index contributed by atoms with van der Waals surface area (Å²) >= 11 is 5.77. The number of carbonyl (C=O) groups is 1. The molecule has 32 heavy (non-hydrogen) atoms. The Morgan fingerprint density at radius 3 is 2.56 bits per heavy atom. The van der Waals surface area contributed by atoms with E-state index in [0.29, 0.717) is 17.3 Å². The van der Waals surface area contributed by atoms with E-state index in [0.717, 1.165) is 16.1 Å². The van der Waals surface area contributed by atoms with Gasteiger partial charge in [-0.15, -0.1) is 0 Å². The number of carbonyl (C=O) groups excluding carboxylic acids is 1. The molecular weight excluding hydrogens is 458 g/mol. The molecule has 1 aromatic carbocycles. The van der Waals surface area contributed by atoms with Crippen molar-refractivity contribution >= 4 is 27.5 Å². The summed E-state index contributed by atoms with van der Waals surface area (Å²) in [6, 6.07) is 11.2. The van der Waals surface area contributed by atoms with Gasteiger partial charge in [-0.05, 0) is 42.0 Å². The van der Waals surface area contributed by atoms with E-state index in [4.69, 9.17) is 25.5 Å². The Balaban J connectivity index is 1.74. The molecular formula is C21H22ClN3O6S. The van der Waals surface area contributed by atoms with Crippen LogP contribution in [0.15, 0.2) is 64.2 Å².